The van der Waals surface area contributed by atoms with Gasteiger partial charge < -0.3 is 5.43 Å². The predicted molar refractivity (Wildman–Crippen MR) is 57.9 cm³/mol. The second-order valence-electron chi connectivity index (χ2n) is 3.26. The third kappa shape index (κ3) is 4.13. The van der Waals surface area contributed by atoms with Crippen LogP contribution < -0.4 is 16.0 Å². The highest BCUT2D eigenvalue weighted by Gasteiger charge is 2.28. The molecule has 0 radical (unpaired) electrons. The summed E-state index contributed by atoms with van der Waals surface area (Å²) in [6.07, 6.45) is -4.38. The van der Waals surface area contributed by atoms with Crippen molar-refractivity contribution in [1.29, 1.82) is 0 Å². The lowest BCUT2D eigenvalue weighted by Gasteiger charge is -2.10. The maximum atomic E-state index is 11.9. The van der Waals surface area contributed by atoms with Crippen molar-refractivity contribution in [2.75, 3.05) is 12.0 Å². The van der Waals surface area contributed by atoms with Crippen molar-refractivity contribution in [3.63, 3.8) is 0 Å². The van der Waals surface area contributed by atoms with Crippen LogP contribution in [-0.4, -0.2) is 26.1 Å². The molecule has 1 aromatic rings. The van der Waals surface area contributed by atoms with Gasteiger partial charge in [0.2, 0.25) is 10.0 Å². The molecule has 4 N–H and O–H groups in total. The zero-order valence-electron chi connectivity index (χ0n) is 9.03. The minimum Gasteiger partial charge on any atom is -0.307 e. The number of anilines is 1. The Labute approximate surface area is 101 Å². The van der Waals surface area contributed by atoms with E-state index < -0.39 is 29.2 Å². The lowest BCUT2D eigenvalue weighted by Crippen LogP contribution is -2.29. The average molecular weight is 284 g/mol. The number of hydrogen-bond donors (Lipinski definition) is 3. The monoisotopic (exact) mass is 284 g/mol. The van der Waals surface area contributed by atoms with Gasteiger partial charge in [-0.25, -0.2) is 24.0 Å². The molecular weight excluding hydrogens is 273 g/mol. The lowest BCUT2D eigenvalue weighted by atomic mass is 10.4. The van der Waals surface area contributed by atoms with Crippen LogP contribution >= 0.6 is 0 Å². The average Bonchev–Trinajstić information content (AvgIpc) is 2.27. The van der Waals surface area contributed by atoms with Gasteiger partial charge >= 0.3 is 6.18 Å². The molecular formula is C8H11F3N4O2S. The van der Waals surface area contributed by atoms with Gasteiger partial charge in [-0.1, -0.05) is 0 Å². The van der Waals surface area contributed by atoms with E-state index in [1.807, 2.05) is 4.72 Å². The number of nitrogen functional groups attached to an aromatic ring is 1. The maximum Gasteiger partial charge on any atom is 0.390 e. The summed E-state index contributed by atoms with van der Waals surface area (Å²) in [5.74, 6) is 4.92. The Balaban J connectivity index is 2.81. The highest BCUT2D eigenvalue weighted by molar-refractivity contribution is 7.89. The van der Waals surface area contributed by atoms with Crippen molar-refractivity contribution in [3.05, 3.63) is 18.3 Å². The van der Waals surface area contributed by atoms with E-state index in [1.165, 1.54) is 18.3 Å². The highest BCUT2D eigenvalue weighted by Crippen LogP contribution is 2.20. The molecule has 0 unspecified atom stereocenters. The van der Waals surface area contributed by atoms with Crippen molar-refractivity contribution in [2.24, 2.45) is 5.84 Å². The van der Waals surface area contributed by atoms with E-state index in [4.69, 9.17) is 5.84 Å². The normalized spacial score (nSPS) is 12.4. The number of pyridine rings is 1. The van der Waals surface area contributed by atoms with Gasteiger partial charge in [0.05, 0.1) is 6.42 Å². The smallest absolute Gasteiger partial charge is 0.307 e. The molecule has 0 aliphatic rings. The molecule has 0 aliphatic heterocycles. The van der Waals surface area contributed by atoms with Crippen molar-refractivity contribution in [2.45, 2.75) is 17.5 Å². The summed E-state index contributed by atoms with van der Waals surface area (Å²) in [5, 5.41) is 0. The SMILES string of the molecule is NNc1ncccc1S(=O)(=O)NCCC(F)(F)F. The van der Waals surface area contributed by atoms with Crippen molar-refractivity contribution in [3.8, 4) is 0 Å². The molecule has 102 valence electrons. The van der Waals surface area contributed by atoms with Gasteiger partial charge in [0.1, 0.15) is 4.90 Å². The molecule has 0 spiro atoms. The Hall–Kier alpha value is -1.39. The van der Waals surface area contributed by atoms with Crippen LogP contribution in [-0.2, 0) is 10.0 Å². The summed E-state index contributed by atoms with van der Waals surface area (Å²) in [7, 11) is -4.08. The minimum absolute atomic E-state index is 0.142. The number of rotatable bonds is 5. The standard InChI is InChI=1S/C8H11F3N4O2S/c9-8(10,11)3-5-14-18(16,17)6-2-1-4-13-7(6)15-12/h1-2,4,14H,3,5,12H2,(H,13,15). The first-order valence-electron chi connectivity index (χ1n) is 4.74. The van der Waals surface area contributed by atoms with E-state index in [9.17, 15) is 21.6 Å². The summed E-state index contributed by atoms with van der Waals surface area (Å²) in [6.45, 7) is -0.745. The third-order valence-electron chi connectivity index (χ3n) is 1.90. The number of hydrogen-bond acceptors (Lipinski definition) is 5. The van der Waals surface area contributed by atoms with Crippen LogP contribution in [0.2, 0.25) is 0 Å². The summed E-state index contributed by atoms with van der Waals surface area (Å²) in [6, 6.07) is 2.51. The zero-order chi connectivity index (χ0) is 13.8. The fraction of sp³-hybridized carbons (Fsp3) is 0.375. The Bertz CT molecular complexity index is 503. The zero-order valence-corrected chi connectivity index (χ0v) is 9.85. The van der Waals surface area contributed by atoms with Crippen LogP contribution in [0, 0.1) is 0 Å². The van der Waals surface area contributed by atoms with Crippen LogP contribution in [0.5, 0.6) is 0 Å². The molecule has 0 aliphatic carbocycles. The van der Waals surface area contributed by atoms with Gasteiger partial charge in [-0.05, 0) is 12.1 Å². The van der Waals surface area contributed by atoms with Crippen LogP contribution in [0.25, 0.3) is 0 Å². The summed E-state index contributed by atoms with van der Waals surface area (Å²) in [5.41, 5.74) is 2.06. The van der Waals surface area contributed by atoms with Crippen molar-refractivity contribution < 1.29 is 21.6 Å². The molecule has 0 atom stereocenters. The number of aromatic nitrogens is 1. The number of nitrogens with zero attached hydrogens (tertiary/aromatic N) is 1. The summed E-state index contributed by atoms with van der Waals surface area (Å²) < 4.78 is 60.9. The van der Waals surface area contributed by atoms with Crippen molar-refractivity contribution >= 4 is 15.8 Å². The first-order valence-corrected chi connectivity index (χ1v) is 6.22. The van der Waals surface area contributed by atoms with Gasteiger partial charge in [0.15, 0.2) is 5.82 Å². The fourth-order valence-corrected chi connectivity index (χ4v) is 2.27. The maximum absolute atomic E-state index is 11.9. The molecule has 6 nitrogen and oxygen atoms in total. The molecule has 0 amide bonds. The number of halogens is 3. The molecule has 1 rings (SSSR count). The van der Waals surface area contributed by atoms with E-state index >= 15 is 0 Å². The number of sulfonamides is 1. The van der Waals surface area contributed by atoms with E-state index in [0.29, 0.717) is 0 Å². The van der Waals surface area contributed by atoms with Gasteiger partial charge in [0, 0.05) is 12.7 Å². The molecule has 0 bridgehead atoms. The second-order valence-corrected chi connectivity index (χ2v) is 4.99. The van der Waals surface area contributed by atoms with E-state index in [2.05, 4.69) is 10.4 Å². The van der Waals surface area contributed by atoms with E-state index in [0.717, 1.165) is 0 Å². The molecule has 18 heavy (non-hydrogen) atoms. The second kappa shape index (κ2) is 5.50. The Kier molecular flexibility index (Phi) is 4.48. The topological polar surface area (TPSA) is 97.1 Å². The minimum atomic E-state index is -4.42. The molecule has 0 fully saturated rings. The van der Waals surface area contributed by atoms with Gasteiger partial charge in [-0.3, -0.25) is 0 Å². The molecule has 1 heterocycles. The number of alkyl halides is 3. The number of nitrogens with two attached hydrogens (primary N) is 1. The highest BCUT2D eigenvalue weighted by atomic mass is 32.2. The van der Waals surface area contributed by atoms with E-state index in [-0.39, 0.29) is 10.7 Å². The summed E-state index contributed by atoms with van der Waals surface area (Å²) >= 11 is 0. The molecule has 0 aromatic carbocycles. The van der Waals surface area contributed by atoms with Crippen molar-refractivity contribution in [1.82, 2.24) is 9.71 Å². The molecule has 0 saturated heterocycles. The van der Waals surface area contributed by atoms with E-state index in [1.54, 1.807) is 0 Å². The predicted octanol–water partition coefficient (Wildman–Crippen LogP) is 0.598. The number of hydrazine groups is 1. The first-order chi connectivity index (χ1) is 8.26. The molecule has 1 aromatic heterocycles. The largest absolute Gasteiger partial charge is 0.390 e. The third-order valence-corrected chi connectivity index (χ3v) is 3.39. The lowest BCUT2D eigenvalue weighted by molar-refractivity contribution is -0.132. The Morgan fingerprint density at radius 2 is 2.06 bits per heavy atom. The first kappa shape index (κ1) is 14.7. The Morgan fingerprint density at radius 3 is 2.61 bits per heavy atom. The summed E-state index contributed by atoms with van der Waals surface area (Å²) in [4.78, 5) is 3.33. The van der Waals surface area contributed by atoms with Crippen LogP contribution in [0.4, 0.5) is 19.0 Å². The Morgan fingerprint density at radius 1 is 1.39 bits per heavy atom. The molecule has 10 heteroatoms. The van der Waals surface area contributed by atoms with Gasteiger partial charge in [-0.2, -0.15) is 13.2 Å². The number of nitrogens with one attached hydrogen (secondary N) is 2. The van der Waals surface area contributed by atoms with Crippen LogP contribution in [0.15, 0.2) is 23.2 Å². The van der Waals surface area contributed by atoms with Gasteiger partial charge in [-0.15, -0.1) is 0 Å². The molecule has 0 saturated carbocycles. The fourth-order valence-electron chi connectivity index (χ4n) is 1.12. The van der Waals surface area contributed by atoms with Crippen LogP contribution in [0.1, 0.15) is 6.42 Å². The quantitative estimate of drug-likeness (QED) is 0.543. The van der Waals surface area contributed by atoms with Gasteiger partial charge in [0.25, 0.3) is 0 Å². The van der Waals surface area contributed by atoms with Crippen LogP contribution in [0.3, 0.4) is 0 Å².